The summed E-state index contributed by atoms with van der Waals surface area (Å²) < 4.78 is 55.9. The third kappa shape index (κ3) is 17.9. The molecule has 0 unspecified atom stereocenters. The molecule has 5 aliphatic rings. The number of hydrogen-bond donors (Lipinski definition) is 1. The van der Waals surface area contributed by atoms with Gasteiger partial charge in [0, 0.05) is 100 Å². The summed E-state index contributed by atoms with van der Waals surface area (Å²) in [6.45, 7) is 15.3. The zero-order chi connectivity index (χ0) is 60.3. The second-order valence-corrected chi connectivity index (χ2v) is 23.1. The molecule has 3 fully saturated rings. The van der Waals surface area contributed by atoms with Gasteiger partial charge in [-0.2, -0.15) is 0 Å². The molecule has 5 aliphatic heterocycles. The van der Waals surface area contributed by atoms with Crippen LogP contribution in [0.4, 0.5) is 16.2 Å². The fraction of sp³-hybridized carbons (Fsp3) is 0.541. The van der Waals surface area contributed by atoms with Crippen LogP contribution in [-0.2, 0) is 46.5 Å². The van der Waals surface area contributed by atoms with E-state index in [-0.39, 0.29) is 72.6 Å². The number of hydrogen-bond acceptors (Lipinski definition) is 20. The van der Waals surface area contributed by atoms with Crippen molar-refractivity contribution in [3.63, 3.8) is 0 Å². The third-order valence-corrected chi connectivity index (χ3v) is 16.5. The number of piperazine rings is 1. The Labute approximate surface area is 501 Å². The number of nitrogens with zero attached hydrogens (tertiary/aromatic N) is 7. The Morgan fingerprint density at radius 3 is 1.72 bits per heavy atom. The van der Waals surface area contributed by atoms with Crippen molar-refractivity contribution in [2.24, 2.45) is 9.98 Å². The molecule has 3 saturated heterocycles. The van der Waals surface area contributed by atoms with Crippen LogP contribution in [-0.4, -0.2) is 216 Å². The van der Waals surface area contributed by atoms with Crippen molar-refractivity contribution in [3.8, 4) is 28.7 Å². The summed E-state index contributed by atoms with van der Waals surface area (Å²) in [5.41, 5.74) is 5.31. The van der Waals surface area contributed by atoms with E-state index in [0.29, 0.717) is 167 Å². The van der Waals surface area contributed by atoms with Crippen LogP contribution >= 0.6 is 11.8 Å². The largest absolute Gasteiger partial charge is 0.508 e. The quantitative estimate of drug-likeness (QED) is 0.0411. The number of allylic oxidation sites excluding steroid dienone is 2. The minimum atomic E-state index is -0.751. The number of aromatic nitrogens is 1. The van der Waals surface area contributed by atoms with Crippen molar-refractivity contribution >= 4 is 65.3 Å². The van der Waals surface area contributed by atoms with Crippen LogP contribution in [0.25, 0.3) is 0 Å². The van der Waals surface area contributed by atoms with E-state index in [9.17, 15) is 24.0 Å². The number of ether oxygens (including phenoxy) is 10. The smallest absolute Gasteiger partial charge is 0.493 e. The van der Waals surface area contributed by atoms with Crippen LogP contribution in [0.15, 0.2) is 69.7 Å². The lowest BCUT2D eigenvalue weighted by Crippen LogP contribution is -2.49. The van der Waals surface area contributed by atoms with Crippen molar-refractivity contribution in [1.82, 2.24) is 29.9 Å². The van der Waals surface area contributed by atoms with Crippen LogP contribution in [0.5, 0.6) is 28.7 Å². The van der Waals surface area contributed by atoms with E-state index < -0.39 is 6.16 Å². The molecule has 24 heteroatoms. The van der Waals surface area contributed by atoms with E-state index in [4.69, 9.17) is 57.6 Å². The lowest BCUT2D eigenvalue weighted by Gasteiger charge is -2.35. The number of amides is 4. The Kier molecular flexibility index (Phi) is 23.4. The average Bonchev–Trinajstić information content (AvgIpc) is 3.05. The van der Waals surface area contributed by atoms with Gasteiger partial charge in [-0.05, 0) is 45.2 Å². The third-order valence-electron chi connectivity index (χ3n) is 15.1. The number of carbonyl (C=O) groups excluding carboxylic acids is 5. The van der Waals surface area contributed by atoms with Gasteiger partial charge in [0.15, 0.2) is 23.0 Å². The summed E-state index contributed by atoms with van der Waals surface area (Å²) in [4.78, 5) is 86.8. The Morgan fingerprint density at radius 1 is 0.671 bits per heavy atom. The standard InChI is InChI=1S/C61H80N8O15S/c1-8-41-26-45-34-63-50-32-54(52(75-5)30-48(50)58(72)68(45)36-41)83-38-43-28-47(29-44(65-43)39-84-55-33-51-49(31-53(55)76-6)59(73)69-37-42(9-2)27-46(69)35-64-51)81-19-17-66-13-15-67(16-14-66)57(71)10-11-61(3,4)85-40-56(70)62-12-18-78-20-21-79-22-23-80-24-25-82-60(74)77-7/h8-9,28-35,45-46H,10-27,36-40H2,1-7H3,(H,62,70)/t45-,46-/m0/s1. The molecule has 8 rings (SSSR count). The number of pyridine rings is 1. The molecule has 6 heterocycles. The summed E-state index contributed by atoms with van der Waals surface area (Å²) in [6, 6.07) is 10.2. The first kappa shape index (κ1) is 63.8. The summed E-state index contributed by atoms with van der Waals surface area (Å²) in [6.07, 6.45) is 9.49. The van der Waals surface area contributed by atoms with Crippen molar-refractivity contribution in [2.75, 3.05) is 132 Å². The second-order valence-electron chi connectivity index (χ2n) is 21.4. The molecule has 0 spiro atoms. The van der Waals surface area contributed by atoms with Gasteiger partial charge < -0.3 is 67.4 Å². The Hall–Kier alpha value is -7.25. The van der Waals surface area contributed by atoms with E-state index in [1.54, 1.807) is 24.3 Å². The molecule has 4 amide bonds. The Morgan fingerprint density at radius 2 is 1.20 bits per heavy atom. The first-order chi connectivity index (χ1) is 41.2. The highest BCUT2D eigenvalue weighted by molar-refractivity contribution is 8.01. The first-order valence-electron chi connectivity index (χ1n) is 28.8. The Bertz CT molecular complexity index is 2830. The normalized spacial score (nSPS) is 18.4. The highest BCUT2D eigenvalue weighted by Gasteiger charge is 2.36. The van der Waals surface area contributed by atoms with Gasteiger partial charge in [0.25, 0.3) is 11.8 Å². The van der Waals surface area contributed by atoms with Gasteiger partial charge in [-0.3, -0.25) is 39.0 Å². The zero-order valence-corrected chi connectivity index (χ0v) is 50.7. The van der Waals surface area contributed by atoms with Crippen LogP contribution in [0, 0.1) is 0 Å². The van der Waals surface area contributed by atoms with Gasteiger partial charge in [-0.25, -0.2) is 4.79 Å². The number of nitrogens with one attached hydrogen (secondary N) is 1. The van der Waals surface area contributed by atoms with E-state index in [1.165, 1.54) is 44.2 Å². The molecule has 85 heavy (non-hydrogen) atoms. The maximum Gasteiger partial charge on any atom is 0.508 e. The van der Waals surface area contributed by atoms with Gasteiger partial charge in [-0.15, -0.1) is 11.8 Å². The molecule has 1 N–H and O–H groups in total. The molecule has 460 valence electrons. The van der Waals surface area contributed by atoms with E-state index in [2.05, 4.69) is 41.0 Å². The summed E-state index contributed by atoms with van der Waals surface area (Å²) in [5, 5.41) is 2.88. The molecule has 1 aromatic heterocycles. The Balaban J connectivity index is 0.812. The minimum Gasteiger partial charge on any atom is -0.493 e. The maximum atomic E-state index is 13.8. The topological polar surface area (TPSA) is 240 Å². The highest BCUT2D eigenvalue weighted by Crippen LogP contribution is 2.41. The summed E-state index contributed by atoms with van der Waals surface area (Å²) in [7, 11) is 4.30. The fourth-order valence-electron chi connectivity index (χ4n) is 10.2. The number of benzene rings is 2. The number of aliphatic imine (C=N–C) groups is 2. The number of fused-ring (bicyclic) bond motifs is 4. The maximum absolute atomic E-state index is 13.8. The molecule has 0 radical (unpaired) electrons. The van der Waals surface area contributed by atoms with Gasteiger partial charge in [0.05, 0.1) is 113 Å². The van der Waals surface area contributed by atoms with Gasteiger partial charge in [0.1, 0.15) is 32.2 Å². The molecule has 3 aromatic rings. The molecule has 0 saturated carbocycles. The number of carbonyl (C=O) groups is 5. The average molecular weight is 1200 g/mol. The lowest BCUT2D eigenvalue weighted by atomic mass is 10.1. The van der Waals surface area contributed by atoms with E-state index in [1.807, 2.05) is 53.1 Å². The molecule has 0 aliphatic carbocycles. The van der Waals surface area contributed by atoms with Crippen LogP contribution in [0.1, 0.15) is 85.5 Å². The van der Waals surface area contributed by atoms with E-state index in [0.717, 1.165) is 12.8 Å². The van der Waals surface area contributed by atoms with Crippen LogP contribution < -0.4 is 29.0 Å². The molecule has 2 atom stereocenters. The van der Waals surface area contributed by atoms with Crippen molar-refractivity contribution in [1.29, 1.82) is 0 Å². The van der Waals surface area contributed by atoms with Crippen LogP contribution in [0.2, 0.25) is 0 Å². The molecule has 2 aromatic carbocycles. The molecular formula is C61H80N8O15S. The summed E-state index contributed by atoms with van der Waals surface area (Å²) >= 11 is 1.52. The van der Waals surface area contributed by atoms with Crippen LogP contribution in [0.3, 0.4) is 0 Å². The van der Waals surface area contributed by atoms with Gasteiger partial charge in [0.2, 0.25) is 11.8 Å². The molecular weight excluding hydrogens is 1120 g/mol. The SMILES string of the molecule is CC=C1C[C@H]2C=Nc3cc(OCc4cc(OCCN5CCN(C(=O)CCC(C)(C)SCC(=O)NCCOCCOCCOCCOC(=O)OC)CC5)cc(COc5cc6c(cc5OC)C(=O)N5CC(=CC)C[C@H]5C=N6)n4)c(OC)cc3C(=O)N2C1. The number of thioether (sulfide) groups is 1. The predicted molar refractivity (Wildman–Crippen MR) is 320 cm³/mol. The predicted octanol–water partition coefficient (Wildman–Crippen LogP) is 6.77. The number of rotatable bonds is 30. The molecule has 23 nitrogen and oxygen atoms in total. The van der Waals surface area contributed by atoms with E-state index >= 15 is 0 Å². The van der Waals surface area contributed by atoms with Crippen molar-refractivity contribution in [2.45, 2.75) is 83.4 Å². The van der Waals surface area contributed by atoms with Crippen molar-refractivity contribution < 1.29 is 71.3 Å². The zero-order valence-electron chi connectivity index (χ0n) is 49.9. The highest BCUT2D eigenvalue weighted by atomic mass is 32.2. The first-order valence-corrected chi connectivity index (χ1v) is 29.8. The molecule has 0 bridgehead atoms. The number of methoxy groups -OCH3 is 3. The van der Waals surface area contributed by atoms with Gasteiger partial charge in [-0.1, -0.05) is 37.1 Å². The second kappa shape index (κ2) is 31.2. The van der Waals surface area contributed by atoms with Crippen molar-refractivity contribution in [3.05, 3.63) is 82.2 Å². The lowest BCUT2D eigenvalue weighted by molar-refractivity contribution is -0.133. The fourth-order valence-corrected chi connectivity index (χ4v) is 11.1. The summed E-state index contributed by atoms with van der Waals surface area (Å²) in [5.74, 6) is 2.12. The van der Waals surface area contributed by atoms with Gasteiger partial charge >= 0.3 is 6.16 Å². The minimum absolute atomic E-state index is 0.0115. The monoisotopic (exact) mass is 1200 g/mol.